The van der Waals surface area contributed by atoms with Crippen LogP contribution in [0.4, 0.5) is 0 Å². The fourth-order valence-corrected chi connectivity index (χ4v) is 4.07. The number of allylic oxidation sites excluding steroid dienone is 1. The Labute approximate surface area is 146 Å². The van der Waals surface area contributed by atoms with E-state index in [-0.39, 0.29) is 12.0 Å². The lowest BCUT2D eigenvalue weighted by Crippen LogP contribution is -2.41. The van der Waals surface area contributed by atoms with E-state index in [9.17, 15) is 0 Å². The number of rotatable bonds is 3. The Morgan fingerprint density at radius 2 is 2.04 bits per heavy atom. The third-order valence-electron chi connectivity index (χ3n) is 5.20. The second kappa shape index (κ2) is 5.55. The lowest BCUT2D eigenvalue weighted by atomic mass is 9.77. The van der Waals surface area contributed by atoms with Gasteiger partial charge in [-0.3, -0.25) is 0 Å². The Hall–Kier alpha value is -2.95. The van der Waals surface area contributed by atoms with Crippen LogP contribution in [0.3, 0.4) is 0 Å². The molecule has 2 aliphatic heterocycles. The molecule has 0 spiro atoms. The average Bonchev–Trinajstić information content (AvgIpc) is 3.35. The maximum Gasteiger partial charge on any atom is 0.242 e. The molecule has 25 heavy (non-hydrogen) atoms. The van der Waals surface area contributed by atoms with Crippen LogP contribution in [0.25, 0.3) is 5.70 Å². The van der Waals surface area contributed by atoms with E-state index in [2.05, 4.69) is 69.5 Å². The van der Waals surface area contributed by atoms with Crippen molar-refractivity contribution in [3.05, 3.63) is 72.5 Å². The smallest absolute Gasteiger partial charge is 0.242 e. The first-order valence-corrected chi connectivity index (χ1v) is 8.54. The highest BCUT2D eigenvalue weighted by atomic mass is 16.3. The summed E-state index contributed by atoms with van der Waals surface area (Å²) in [7, 11) is 0. The number of fused-ring (bicyclic) bond motifs is 3. The second-order valence-corrected chi connectivity index (χ2v) is 6.67. The van der Waals surface area contributed by atoms with Crippen molar-refractivity contribution in [1.82, 2.24) is 9.88 Å². The number of nitrogens with zero attached hydrogens (tertiary/aromatic N) is 4. The summed E-state index contributed by atoms with van der Waals surface area (Å²) >= 11 is 0. The molecule has 0 fully saturated rings. The van der Waals surface area contributed by atoms with Gasteiger partial charge in [0.05, 0.1) is 29.6 Å². The first-order valence-electron chi connectivity index (χ1n) is 8.54. The zero-order valence-corrected chi connectivity index (χ0v) is 13.9. The highest BCUT2D eigenvalue weighted by Crippen LogP contribution is 2.42. The van der Waals surface area contributed by atoms with Crippen LogP contribution in [0, 0.1) is 11.8 Å². The van der Waals surface area contributed by atoms with Gasteiger partial charge in [0.15, 0.2) is 0 Å². The van der Waals surface area contributed by atoms with Gasteiger partial charge in [-0.15, -0.1) is 0 Å². The monoisotopic (exact) mass is 330 g/mol. The zero-order valence-electron chi connectivity index (χ0n) is 13.9. The molecular weight excluding hydrogens is 312 g/mol. The van der Waals surface area contributed by atoms with Crippen molar-refractivity contribution < 1.29 is 4.42 Å². The molecule has 0 amide bonds. The van der Waals surface area contributed by atoms with Crippen molar-refractivity contribution in [3.8, 4) is 0 Å². The van der Waals surface area contributed by atoms with Crippen LogP contribution in [0.1, 0.15) is 18.4 Å². The minimum Gasteiger partial charge on any atom is -0.443 e. The summed E-state index contributed by atoms with van der Waals surface area (Å²) in [5.74, 6) is 1.23. The van der Waals surface area contributed by atoms with Crippen molar-refractivity contribution in [2.75, 3.05) is 0 Å². The summed E-state index contributed by atoms with van der Waals surface area (Å²) in [5, 5.41) is 8.63. The number of oxazole rings is 1. The van der Waals surface area contributed by atoms with Crippen molar-refractivity contribution >= 4 is 17.1 Å². The largest absolute Gasteiger partial charge is 0.443 e. The van der Waals surface area contributed by atoms with Crippen molar-refractivity contribution in [2.45, 2.75) is 19.5 Å². The summed E-state index contributed by atoms with van der Waals surface area (Å²) in [6.45, 7) is 2.88. The third-order valence-corrected chi connectivity index (χ3v) is 5.20. The van der Waals surface area contributed by atoms with Gasteiger partial charge in [-0.05, 0) is 24.6 Å². The fraction of sp³-hybridized carbons (Fsp3) is 0.250. The van der Waals surface area contributed by atoms with Gasteiger partial charge in [-0.25, -0.2) is 4.98 Å². The van der Waals surface area contributed by atoms with Crippen LogP contribution >= 0.6 is 0 Å². The Kier molecular flexibility index (Phi) is 3.20. The normalized spacial score (nSPS) is 26.8. The van der Waals surface area contributed by atoms with Gasteiger partial charge in [0.1, 0.15) is 6.26 Å². The van der Waals surface area contributed by atoms with Crippen LogP contribution < -0.4 is 0 Å². The van der Waals surface area contributed by atoms with E-state index in [1.54, 1.807) is 12.5 Å². The van der Waals surface area contributed by atoms with Gasteiger partial charge in [0.25, 0.3) is 0 Å². The lowest BCUT2D eigenvalue weighted by Gasteiger charge is -2.34. The number of hydrogen-bond acceptors (Lipinski definition) is 5. The molecule has 0 saturated carbocycles. The van der Waals surface area contributed by atoms with Gasteiger partial charge in [0.2, 0.25) is 5.89 Å². The van der Waals surface area contributed by atoms with Gasteiger partial charge >= 0.3 is 0 Å². The molecule has 3 heterocycles. The number of hydrogen-bond donors (Lipinski definition) is 0. The quantitative estimate of drug-likeness (QED) is 0.865. The fourth-order valence-electron chi connectivity index (χ4n) is 4.07. The molecule has 0 N–H and O–H groups in total. The standard InChI is InChI=1S/C20H18N4O/c1-13-19-15-11-18(20-21-9-10-25-20)24(12-14-5-3-2-4-6-14)17(15)8-7-16(19)23-22-13/h2-11,15,17,19H,12H2,1H3. The molecule has 5 rings (SSSR count). The summed E-state index contributed by atoms with van der Waals surface area (Å²) < 4.78 is 5.62. The highest BCUT2D eigenvalue weighted by molar-refractivity contribution is 6.15. The minimum absolute atomic E-state index is 0.251. The van der Waals surface area contributed by atoms with Crippen molar-refractivity contribution in [3.63, 3.8) is 0 Å². The van der Waals surface area contributed by atoms with Gasteiger partial charge in [-0.1, -0.05) is 36.4 Å². The van der Waals surface area contributed by atoms with E-state index in [0.717, 1.165) is 23.7 Å². The van der Waals surface area contributed by atoms with Crippen LogP contribution in [-0.2, 0) is 6.54 Å². The summed E-state index contributed by atoms with van der Waals surface area (Å²) in [4.78, 5) is 6.77. The SMILES string of the molecule is CC1=NN=C2C=CC3C(C=C(c4ncco4)N3Cc3ccccc3)C12. The predicted octanol–water partition coefficient (Wildman–Crippen LogP) is 3.53. The Balaban J connectivity index is 1.56. The molecule has 0 saturated heterocycles. The summed E-state index contributed by atoms with van der Waals surface area (Å²) in [6, 6.07) is 10.8. The molecule has 1 aromatic carbocycles. The molecule has 1 aliphatic carbocycles. The van der Waals surface area contributed by atoms with Crippen molar-refractivity contribution in [1.29, 1.82) is 0 Å². The third kappa shape index (κ3) is 2.27. The van der Waals surface area contributed by atoms with E-state index in [0.29, 0.717) is 11.8 Å². The van der Waals surface area contributed by atoms with Gasteiger partial charge in [-0.2, -0.15) is 10.2 Å². The lowest BCUT2D eigenvalue weighted by molar-refractivity contribution is 0.289. The molecule has 5 heteroatoms. The van der Waals surface area contributed by atoms with Gasteiger partial charge in [0, 0.05) is 18.2 Å². The first-order chi connectivity index (χ1) is 12.3. The molecule has 3 aliphatic rings. The summed E-state index contributed by atoms with van der Waals surface area (Å²) in [6.07, 6.45) is 9.97. The Morgan fingerprint density at radius 3 is 2.84 bits per heavy atom. The van der Waals surface area contributed by atoms with Gasteiger partial charge < -0.3 is 9.32 Å². The maximum atomic E-state index is 5.62. The maximum absolute atomic E-state index is 5.62. The molecule has 5 nitrogen and oxygen atoms in total. The highest BCUT2D eigenvalue weighted by Gasteiger charge is 2.45. The van der Waals surface area contributed by atoms with E-state index in [1.807, 2.05) is 6.07 Å². The van der Waals surface area contributed by atoms with Crippen LogP contribution in [0.2, 0.25) is 0 Å². The van der Waals surface area contributed by atoms with Crippen molar-refractivity contribution in [2.24, 2.45) is 22.0 Å². The minimum atomic E-state index is 0.251. The van der Waals surface area contributed by atoms with E-state index >= 15 is 0 Å². The Morgan fingerprint density at radius 1 is 1.16 bits per heavy atom. The summed E-state index contributed by atoms with van der Waals surface area (Å²) in [5.41, 5.74) is 4.46. The molecule has 3 atom stereocenters. The number of benzene rings is 1. The second-order valence-electron chi connectivity index (χ2n) is 6.67. The van der Waals surface area contributed by atoms with Crippen LogP contribution in [-0.4, -0.2) is 27.3 Å². The average molecular weight is 330 g/mol. The Bertz CT molecular complexity index is 908. The van der Waals surface area contributed by atoms with E-state index in [4.69, 9.17) is 4.42 Å². The first kappa shape index (κ1) is 14.4. The molecule has 0 bridgehead atoms. The predicted molar refractivity (Wildman–Crippen MR) is 96.9 cm³/mol. The molecule has 1 aromatic heterocycles. The van der Waals surface area contributed by atoms with E-state index < -0.39 is 0 Å². The van der Waals surface area contributed by atoms with Crippen LogP contribution in [0.5, 0.6) is 0 Å². The zero-order chi connectivity index (χ0) is 16.8. The van der Waals surface area contributed by atoms with Crippen LogP contribution in [0.15, 0.2) is 75.6 Å². The topological polar surface area (TPSA) is 54.0 Å². The molecule has 3 unspecified atom stereocenters. The molecule has 2 aromatic rings. The molecular formula is C20H18N4O. The number of aromatic nitrogens is 1. The molecule has 0 radical (unpaired) electrons. The van der Waals surface area contributed by atoms with E-state index in [1.165, 1.54) is 5.56 Å². The molecule has 124 valence electrons.